The van der Waals surface area contributed by atoms with Crippen molar-refractivity contribution in [2.24, 2.45) is 11.3 Å². The van der Waals surface area contributed by atoms with Crippen LogP contribution >= 0.6 is 0 Å². The Morgan fingerprint density at radius 1 is 1.35 bits per heavy atom. The van der Waals surface area contributed by atoms with Crippen molar-refractivity contribution >= 4 is 17.6 Å². The van der Waals surface area contributed by atoms with Crippen LogP contribution in [0.15, 0.2) is 18.2 Å². The maximum absolute atomic E-state index is 12.9. The van der Waals surface area contributed by atoms with Gasteiger partial charge in [-0.25, -0.2) is 0 Å². The number of carbonyl (C=O) groups is 2. The van der Waals surface area contributed by atoms with E-state index in [9.17, 15) is 24.8 Å². The smallest absolute Gasteiger partial charge is 0.311 e. The van der Waals surface area contributed by atoms with Crippen molar-refractivity contribution in [3.05, 3.63) is 39.4 Å². The molecule has 7 heteroatoms. The number of fused-ring (bicyclic) bond motifs is 1. The van der Waals surface area contributed by atoms with Crippen LogP contribution in [0.2, 0.25) is 0 Å². The number of amides is 1. The van der Waals surface area contributed by atoms with Crippen molar-refractivity contribution in [1.82, 2.24) is 4.90 Å². The topological polar surface area (TPSA) is 101 Å². The molecule has 2 aliphatic rings. The summed E-state index contributed by atoms with van der Waals surface area (Å²) < 4.78 is 0. The quantitative estimate of drug-likeness (QED) is 0.659. The summed E-state index contributed by atoms with van der Waals surface area (Å²) in [5, 5.41) is 21.1. The molecule has 1 aromatic rings. The van der Waals surface area contributed by atoms with Gasteiger partial charge in [0.15, 0.2) is 0 Å². The first kappa shape index (κ1) is 18.4. The Bertz CT molecular complexity index is 783. The Morgan fingerprint density at radius 3 is 2.58 bits per heavy atom. The first-order valence-electron chi connectivity index (χ1n) is 8.88. The molecule has 1 saturated heterocycles. The van der Waals surface area contributed by atoms with Crippen molar-refractivity contribution in [2.45, 2.75) is 45.4 Å². The molecule has 7 nitrogen and oxygen atoms in total. The number of hydrogen-bond donors (Lipinski definition) is 1. The highest BCUT2D eigenvalue weighted by atomic mass is 16.6. The standard InChI is InChI=1S/C19H24N2O5/c1-18(2,3)14-7-6-12(9-15(14)21(25)26)16(22)20-10-13-5-4-8-19(13,11-20)17(23)24/h6-7,9,13H,4-5,8,10-11H2,1-3H3,(H,23,24)/t13-,19+/m0/s1. The summed E-state index contributed by atoms with van der Waals surface area (Å²) in [6.07, 6.45) is 2.25. The zero-order valence-electron chi connectivity index (χ0n) is 15.3. The normalized spacial score (nSPS) is 25.2. The Morgan fingerprint density at radius 2 is 2.04 bits per heavy atom. The van der Waals surface area contributed by atoms with E-state index < -0.39 is 21.7 Å². The van der Waals surface area contributed by atoms with Gasteiger partial charge in [0.05, 0.1) is 10.3 Å². The van der Waals surface area contributed by atoms with E-state index >= 15 is 0 Å². The molecule has 1 aliphatic heterocycles. The lowest BCUT2D eigenvalue weighted by atomic mass is 9.81. The third-order valence-electron chi connectivity index (χ3n) is 5.83. The lowest BCUT2D eigenvalue weighted by Gasteiger charge is -2.23. The minimum atomic E-state index is -0.854. The molecule has 1 N–H and O–H groups in total. The summed E-state index contributed by atoms with van der Waals surface area (Å²) in [5.41, 5.74) is -0.533. The Hall–Kier alpha value is -2.44. The number of hydrogen-bond acceptors (Lipinski definition) is 4. The summed E-state index contributed by atoms with van der Waals surface area (Å²) >= 11 is 0. The fourth-order valence-corrected chi connectivity index (χ4v) is 4.43. The first-order valence-corrected chi connectivity index (χ1v) is 8.88. The zero-order valence-corrected chi connectivity index (χ0v) is 15.3. The third kappa shape index (κ3) is 2.85. The van der Waals surface area contributed by atoms with Gasteiger partial charge >= 0.3 is 5.97 Å². The van der Waals surface area contributed by atoms with Gasteiger partial charge in [0.25, 0.3) is 11.6 Å². The average Bonchev–Trinajstić information content (AvgIpc) is 3.10. The number of nitro groups is 1. The molecule has 26 heavy (non-hydrogen) atoms. The Balaban J connectivity index is 1.91. The molecule has 0 bridgehead atoms. The number of carbonyl (C=O) groups excluding carboxylic acids is 1. The largest absolute Gasteiger partial charge is 0.481 e. The minimum Gasteiger partial charge on any atom is -0.481 e. The van der Waals surface area contributed by atoms with Crippen molar-refractivity contribution in [3.63, 3.8) is 0 Å². The second-order valence-corrected chi connectivity index (χ2v) is 8.48. The van der Waals surface area contributed by atoms with Gasteiger partial charge in [-0.1, -0.05) is 33.3 Å². The van der Waals surface area contributed by atoms with E-state index in [1.165, 1.54) is 6.07 Å². The molecule has 1 aromatic carbocycles. The highest BCUT2D eigenvalue weighted by Gasteiger charge is 2.55. The van der Waals surface area contributed by atoms with Crippen LogP contribution in [0.1, 0.15) is 56.0 Å². The van der Waals surface area contributed by atoms with Crippen LogP contribution in [0.3, 0.4) is 0 Å². The Labute approximate surface area is 152 Å². The molecule has 0 aromatic heterocycles. The number of nitrogens with zero attached hydrogens (tertiary/aromatic N) is 2. The second-order valence-electron chi connectivity index (χ2n) is 8.48. The van der Waals surface area contributed by atoms with Gasteiger partial charge < -0.3 is 10.0 Å². The fraction of sp³-hybridized carbons (Fsp3) is 0.579. The number of nitro benzene ring substituents is 1. The lowest BCUT2D eigenvalue weighted by molar-refractivity contribution is -0.386. The van der Waals surface area contributed by atoms with Crippen LogP contribution in [-0.4, -0.2) is 39.9 Å². The summed E-state index contributed by atoms with van der Waals surface area (Å²) in [6, 6.07) is 4.57. The SMILES string of the molecule is CC(C)(C)c1ccc(C(=O)N2C[C@@H]3CCC[C@@]3(C(=O)O)C2)cc1[N+](=O)[O-]. The lowest BCUT2D eigenvalue weighted by Crippen LogP contribution is -2.37. The van der Waals surface area contributed by atoms with E-state index in [1.54, 1.807) is 17.0 Å². The maximum atomic E-state index is 12.9. The second kappa shape index (κ2) is 6.07. The molecule has 1 heterocycles. The maximum Gasteiger partial charge on any atom is 0.311 e. The summed E-state index contributed by atoms with van der Waals surface area (Å²) in [7, 11) is 0. The van der Waals surface area contributed by atoms with Crippen LogP contribution in [0.25, 0.3) is 0 Å². The fourth-order valence-electron chi connectivity index (χ4n) is 4.43. The summed E-state index contributed by atoms with van der Waals surface area (Å²) in [6.45, 7) is 6.24. The summed E-state index contributed by atoms with van der Waals surface area (Å²) in [4.78, 5) is 37.2. The van der Waals surface area contributed by atoms with E-state index in [0.29, 0.717) is 18.5 Å². The van der Waals surface area contributed by atoms with Gasteiger partial charge in [0, 0.05) is 30.3 Å². The number of benzene rings is 1. The van der Waals surface area contributed by atoms with Crippen molar-refractivity contribution in [1.29, 1.82) is 0 Å². The molecule has 0 radical (unpaired) electrons. The van der Waals surface area contributed by atoms with Crippen molar-refractivity contribution < 1.29 is 19.6 Å². The number of carboxylic acids is 1. The molecule has 0 spiro atoms. The predicted octanol–water partition coefficient (Wildman–Crippen LogP) is 3.22. The Kier molecular flexibility index (Phi) is 4.29. The monoisotopic (exact) mass is 360 g/mol. The molecule has 0 unspecified atom stereocenters. The van der Waals surface area contributed by atoms with Gasteiger partial charge in [0.2, 0.25) is 0 Å². The van der Waals surface area contributed by atoms with Crippen LogP contribution in [0.4, 0.5) is 5.69 Å². The highest BCUT2D eigenvalue weighted by Crippen LogP contribution is 2.49. The van der Waals surface area contributed by atoms with E-state index in [2.05, 4.69) is 0 Å². The van der Waals surface area contributed by atoms with Gasteiger partial charge in [-0.3, -0.25) is 19.7 Å². The van der Waals surface area contributed by atoms with Gasteiger partial charge in [-0.05, 0) is 30.2 Å². The number of carboxylic acid groups (broad SMARTS) is 1. The van der Waals surface area contributed by atoms with E-state index in [-0.39, 0.29) is 29.6 Å². The van der Waals surface area contributed by atoms with Crippen LogP contribution in [-0.2, 0) is 10.2 Å². The molecular weight excluding hydrogens is 336 g/mol. The number of likely N-dealkylation sites (tertiary alicyclic amines) is 1. The average molecular weight is 360 g/mol. The molecule has 3 rings (SSSR count). The molecular formula is C19H24N2O5. The molecule has 1 aliphatic carbocycles. The van der Waals surface area contributed by atoms with E-state index in [1.807, 2.05) is 20.8 Å². The molecule has 2 atom stereocenters. The van der Waals surface area contributed by atoms with Crippen molar-refractivity contribution in [2.75, 3.05) is 13.1 Å². The van der Waals surface area contributed by atoms with Crippen LogP contribution < -0.4 is 0 Å². The summed E-state index contributed by atoms with van der Waals surface area (Å²) in [5.74, 6) is -1.21. The minimum absolute atomic E-state index is 0.0345. The molecule has 1 amide bonds. The van der Waals surface area contributed by atoms with Gasteiger partial charge in [-0.2, -0.15) is 0 Å². The predicted molar refractivity (Wildman–Crippen MR) is 95.1 cm³/mol. The van der Waals surface area contributed by atoms with Crippen LogP contribution in [0, 0.1) is 21.4 Å². The zero-order chi connectivity index (χ0) is 19.3. The van der Waals surface area contributed by atoms with Crippen LogP contribution in [0.5, 0.6) is 0 Å². The molecule has 2 fully saturated rings. The number of aliphatic carboxylic acids is 1. The number of rotatable bonds is 3. The molecule has 1 saturated carbocycles. The van der Waals surface area contributed by atoms with Crippen molar-refractivity contribution in [3.8, 4) is 0 Å². The third-order valence-corrected chi connectivity index (χ3v) is 5.83. The molecule has 140 valence electrons. The van der Waals surface area contributed by atoms with Gasteiger partial charge in [-0.15, -0.1) is 0 Å². The highest BCUT2D eigenvalue weighted by molar-refractivity contribution is 5.96. The first-order chi connectivity index (χ1) is 12.1. The van der Waals surface area contributed by atoms with Gasteiger partial charge in [0.1, 0.15) is 0 Å². The van der Waals surface area contributed by atoms with E-state index in [0.717, 1.165) is 12.8 Å². The van der Waals surface area contributed by atoms with E-state index in [4.69, 9.17) is 0 Å².